The van der Waals surface area contributed by atoms with E-state index in [1.165, 1.54) is 0 Å². The lowest BCUT2D eigenvalue weighted by atomic mass is 10.0. The zero-order chi connectivity index (χ0) is 15.6. The molecule has 0 aromatic carbocycles. The van der Waals surface area contributed by atoms with Crippen molar-refractivity contribution in [1.29, 1.82) is 0 Å². The predicted octanol–water partition coefficient (Wildman–Crippen LogP) is 2.18. The molecule has 1 amide bonds. The molecule has 0 aromatic heterocycles. The van der Waals surface area contributed by atoms with E-state index in [9.17, 15) is 18.0 Å². The van der Waals surface area contributed by atoms with Crippen LogP contribution >= 0.6 is 0 Å². The van der Waals surface area contributed by atoms with E-state index < -0.39 is 24.5 Å². The third-order valence-electron chi connectivity index (χ3n) is 2.87. The monoisotopic (exact) mass is 298 g/mol. The van der Waals surface area contributed by atoms with Gasteiger partial charge in [-0.1, -0.05) is 13.3 Å². The lowest BCUT2D eigenvalue weighted by Crippen LogP contribution is -2.44. The van der Waals surface area contributed by atoms with Crippen LogP contribution in [0.1, 0.15) is 33.1 Å². The van der Waals surface area contributed by atoms with Crippen molar-refractivity contribution in [3.8, 4) is 0 Å². The van der Waals surface area contributed by atoms with E-state index >= 15 is 0 Å². The van der Waals surface area contributed by atoms with Crippen molar-refractivity contribution in [3.05, 3.63) is 0 Å². The average Bonchev–Trinajstić information content (AvgIpc) is 2.37. The molecule has 1 atom stereocenters. The Morgan fingerprint density at radius 1 is 1.35 bits per heavy atom. The first-order chi connectivity index (χ1) is 9.35. The third-order valence-corrected chi connectivity index (χ3v) is 2.87. The number of hydrogen-bond acceptors (Lipinski definition) is 3. The number of nitrogens with zero attached hydrogens (tertiary/aromatic N) is 1. The van der Waals surface area contributed by atoms with E-state index in [1.54, 1.807) is 0 Å². The number of carbonyl (C=O) groups excluding carboxylic acids is 1. The smallest absolute Gasteiger partial charge is 0.382 e. The molecular formula is C13H25F3N2O2. The SMILES string of the molecule is CCCC(CN)C(=O)N(CCCOCC)CC(F)(F)F. The van der Waals surface area contributed by atoms with Gasteiger partial charge in [0.05, 0.1) is 5.92 Å². The number of alkyl halides is 3. The molecule has 0 bridgehead atoms. The molecule has 1 unspecified atom stereocenters. The molecule has 0 saturated heterocycles. The molecule has 0 aliphatic rings. The first-order valence-corrected chi connectivity index (χ1v) is 6.99. The van der Waals surface area contributed by atoms with E-state index in [2.05, 4.69) is 0 Å². The molecule has 0 fully saturated rings. The molecule has 0 aromatic rings. The Balaban J connectivity index is 4.59. The summed E-state index contributed by atoms with van der Waals surface area (Å²) < 4.78 is 42.7. The molecule has 0 radical (unpaired) electrons. The zero-order valence-corrected chi connectivity index (χ0v) is 12.2. The molecule has 0 aliphatic heterocycles. The Labute approximate surface area is 118 Å². The topological polar surface area (TPSA) is 55.6 Å². The summed E-state index contributed by atoms with van der Waals surface area (Å²) in [5.41, 5.74) is 5.48. The van der Waals surface area contributed by atoms with E-state index in [4.69, 9.17) is 10.5 Å². The van der Waals surface area contributed by atoms with Crippen molar-refractivity contribution in [2.24, 2.45) is 11.7 Å². The summed E-state index contributed by atoms with van der Waals surface area (Å²) in [6, 6.07) is 0. The van der Waals surface area contributed by atoms with E-state index in [-0.39, 0.29) is 13.1 Å². The number of ether oxygens (including phenoxy) is 1. The van der Waals surface area contributed by atoms with Crippen molar-refractivity contribution in [2.75, 3.05) is 32.8 Å². The summed E-state index contributed by atoms with van der Waals surface area (Å²) in [5.74, 6) is -1.04. The molecule has 20 heavy (non-hydrogen) atoms. The van der Waals surface area contributed by atoms with Crippen LogP contribution in [0.2, 0.25) is 0 Å². The second kappa shape index (κ2) is 9.99. The van der Waals surface area contributed by atoms with Crippen LogP contribution in [0, 0.1) is 5.92 Å². The number of carbonyl (C=O) groups is 1. The first kappa shape index (κ1) is 19.2. The van der Waals surface area contributed by atoms with Gasteiger partial charge in [0.25, 0.3) is 0 Å². The van der Waals surface area contributed by atoms with Crippen LogP contribution in [0.15, 0.2) is 0 Å². The van der Waals surface area contributed by atoms with E-state index in [1.807, 2.05) is 13.8 Å². The maximum atomic E-state index is 12.5. The highest BCUT2D eigenvalue weighted by Crippen LogP contribution is 2.19. The molecule has 2 N–H and O–H groups in total. The van der Waals surface area contributed by atoms with Crippen molar-refractivity contribution in [2.45, 2.75) is 39.3 Å². The molecule has 0 aliphatic carbocycles. The fourth-order valence-electron chi connectivity index (χ4n) is 1.93. The summed E-state index contributed by atoms with van der Waals surface area (Å²) in [6.07, 6.45) is -2.78. The van der Waals surface area contributed by atoms with Crippen LogP contribution < -0.4 is 5.73 Å². The predicted molar refractivity (Wildman–Crippen MR) is 71.2 cm³/mol. The summed E-state index contributed by atoms with van der Waals surface area (Å²) in [6.45, 7) is 3.43. The third kappa shape index (κ3) is 8.37. The van der Waals surface area contributed by atoms with Crippen molar-refractivity contribution < 1.29 is 22.7 Å². The fourth-order valence-corrected chi connectivity index (χ4v) is 1.93. The molecule has 120 valence electrons. The quantitative estimate of drug-likeness (QED) is 0.629. The number of amides is 1. The average molecular weight is 298 g/mol. The Kier molecular flexibility index (Phi) is 9.58. The van der Waals surface area contributed by atoms with E-state index in [0.717, 1.165) is 4.90 Å². The minimum absolute atomic E-state index is 0.0402. The standard InChI is InChI=1S/C13H25F3N2O2/c1-3-6-11(9-17)12(19)18(10-13(14,15)16)7-5-8-20-4-2/h11H,3-10,17H2,1-2H3. The second-order valence-electron chi connectivity index (χ2n) is 4.65. The molecule has 0 spiro atoms. The lowest BCUT2D eigenvalue weighted by Gasteiger charge is -2.27. The normalized spacial score (nSPS) is 13.3. The molecule has 7 heteroatoms. The van der Waals surface area contributed by atoms with Crippen molar-refractivity contribution in [1.82, 2.24) is 4.90 Å². The lowest BCUT2D eigenvalue weighted by molar-refractivity contribution is -0.164. The Morgan fingerprint density at radius 2 is 2.00 bits per heavy atom. The summed E-state index contributed by atoms with van der Waals surface area (Å²) in [5, 5.41) is 0. The summed E-state index contributed by atoms with van der Waals surface area (Å²) >= 11 is 0. The van der Waals surface area contributed by atoms with Crippen LogP contribution in [0.3, 0.4) is 0 Å². The van der Waals surface area contributed by atoms with Gasteiger partial charge in [-0.05, 0) is 19.8 Å². The van der Waals surface area contributed by atoms with Crippen LogP contribution in [0.25, 0.3) is 0 Å². The molecule has 0 saturated carbocycles. The summed E-state index contributed by atoms with van der Waals surface area (Å²) in [7, 11) is 0. The van der Waals surface area contributed by atoms with Crippen LogP contribution in [0.5, 0.6) is 0 Å². The maximum Gasteiger partial charge on any atom is 0.406 e. The van der Waals surface area contributed by atoms with Gasteiger partial charge in [-0.3, -0.25) is 4.79 Å². The van der Waals surface area contributed by atoms with Gasteiger partial charge in [0, 0.05) is 26.3 Å². The minimum atomic E-state index is -4.40. The van der Waals surface area contributed by atoms with Gasteiger partial charge in [0.1, 0.15) is 6.54 Å². The molecule has 4 nitrogen and oxygen atoms in total. The van der Waals surface area contributed by atoms with E-state index in [0.29, 0.717) is 32.5 Å². The Bertz CT molecular complexity index is 273. The highest BCUT2D eigenvalue weighted by atomic mass is 19.4. The second-order valence-corrected chi connectivity index (χ2v) is 4.65. The largest absolute Gasteiger partial charge is 0.406 e. The van der Waals surface area contributed by atoms with Gasteiger partial charge in [-0.25, -0.2) is 0 Å². The zero-order valence-electron chi connectivity index (χ0n) is 12.2. The van der Waals surface area contributed by atoms with Gasteiger partial charge in [-0.15, -0.1) is 0 Å². The number of nitrogens with two attached hydrogens (primary N) is 1. The number of hydrogen-bond donors (Lipinski definition) is 1. The van der Waals surface area contributed by atoms with Gasteiger partial charge in [0.2, 0.25) is 5.91 Å². The fraction of sp³-hybridized carbons (Fsp3) is 0.923. The number of rotatable bonds is 10. The van der Waals surface area contributed by atoms with Crippen LogP contribution in [-0.2, 0) is 9.53 Å². The van der Waals surface area contributed by atoms with Gasteiger partial charge >= 0.3 is 6.18 Å². The number of halogens is 3. The molecular weight excluding hydrogens is 273 g/mol. The Hall–Kier alpha value is -0.820. The van der Waals surface area contributed by atoms with Crippen molar-refractivity contribution in [3.63, 3.8) is 0 Å². The summed E-state index contributed by atoms with van der Waals surface area (Å²) in [4.78, 5) is 13.0. The Morgan fingerprint density at radius 3 is 2.45 bits per heavy atom. The molecule has 0 heterocycles. The van der Waals surface area contributed by atoms with Gasteiger partial charge < -0.3 is 15.4 Å². The minimum Gasteiger partial charge on any atom is -0.382 e. The van der Waals surface area contributed by atoms with Crippen molar-refractivity contribution >= 4 is 5.91 Å². The maximum absolute atomic E-state index is 12.5. The van der Waals surface area contributed by atoms with Crippen LogP contribution in [-0.4, -0.2) is 49.8 Å². The highest BCUT2D eigenvalue weighted by molar-refractivity contribution is 5.79. The molecule has 0 rings (SSSR count). The van der Waals surface area contributed by atoms with Gasteiger partial charge in [-0.2, -0.15) is 13.2 Å². The van der Waals surface area contributed by atoms with Crippen LogP contribution in [0.4, 0.5) is 13.2 Å². The first-order valence-electron chi connectivity index (χ1n) is 6.99. The van der Waals surface area contributed by atoms with Gasteiger partial charge in [0.15, 0.2) is 0 Å². The highest BCUT2D eigenvalue weighted by Gasteiger charge is 2.34.